The molecule has 0 bridgehead atoms. The number of fused-ring (bicyclic) bond motifs is 2. The molecule has 2 heterocycles. The molecule has 4 nitrogen and oxygen atoms in total. The van der Waals surface area contributed by atoms with E-state index in [1.54, 1.807) is 11.9 Å². The third-order valence-corrected chi connectivity index (χ3v) is 6.42. The Kier molecular flexibility index (Phi) is 5.37. The van der Waals surface area contributed by atoms with Crippen LogP contribution in [0.4, 0.5) is 10.1 Å². The van der Waals surface area contributed by atoms with Crippen LogP contribution in [0, 0.1) is 5.82 Å². The minimum Gasteiger partial charge on any atom is -0.454 e. The standard InChI is InChI=1S/C23H19ClFN3OS/c24-16-5-10-21-19(15-16)23(26-20-3-1-2-4-22(20)29-21)27-11-13-28(14-12-27)30-18-8-6-17(25)7-9-18/h1-10,15H,11-14H2. The van der Waals surface area contributed by atoms with Crippen molar-refractivity contribution in [2.75, 3.05) is 26.2 Å². The van der Waals surface area contributed by atoms with E-state index in [1.165, 1.54) is 12.1 Å². The summed E-state index contributed by atoms with van der Waals surface area (Å²) in [6, 6.07) is 20.1. The number of rotatable bonds is 2. The normalized spacial score (nSPS) is 16.2. The number of hydrogen-bond donors (Lipinski definition) is 0. The predicted molar refractivity (Wildman–Crippen MR) is 120 cm³/mol. The van der Waals surface area contributed by atoms with Gasteiger partial charge in [0.2, 0.25) is 0 Å². The van der Waals surface area contributed by atoms with Crippen molar-refractivity contribution >= 4 is 35.1 Å². The smallest absolute Gasteiger partial charge is 0.153 e. The summed E-state index contributed by atoms with van der Waals surface area (Å²) >= 11 is 7.96. The van der Waals surface area contributed by atoms with E-state index in [0.717, 1.165) is 59.7 Å². The van der Waals surface area contributed by atoms with Crippen molar-refractivity contribution in [2.45, 2.75) is 4.90 Å². The van der Waals surface area contributed by atoms with E-state index in [-0.39, 0.29) is 5.82 Å². The molecule has 0 unspecified atom stereocenters. The lowest BCUT2D eigenvalue weighted by Gasteiger charge is -2.35. The molecule has 1 saturated heterocycles. The van der Waals surface area contributed by atoms with Gasteiger partial charge >= 0.3 is 0 Å². The van der Waals surface area contributed by atoms with Crippen LogP contribution >= 0.6 is 23.5 Å². The first kappa shape index (κ1) is 19.4. The molecular formula is C23H19ClFN3OS. The molecule has 3 aromatic rings. The molecule has 0 aliphatic carbocycles. The quantitative estimate of drug-likeness (QED) is 0.458. The summed E-state index contributed by atoms with van der Waals surface area (Å²) in [7, 11) is 0. The highest BCUT2D eigenvalue weighted by atomic mass is 35.5. The maximum atomic E-state index is 13.1. The van der Waals surface area contributed by atoms with Gasteiger partial charge in [-0.2, -0.15) is 0 Å². The third kappa shape index (κ3) is 4.03. The van der Waals surface area contributed by atoms with Gasteiger partial charge < -0.3 is 9.64 Å². The Morgan fingerprint density at radius 2 is 1.67 bits per heavy atom. The second-order valence-electron chi connectivity index (χ2n) is 7.11. The van der Waals surface area contributed by atoms with Gasteiger partial charge in [0.1, 0.15) is 23.1 Å². The number of ether oxygens (including phenoxy) is 1. The number of amidine groups is 1. The SMILES string of the molecule is Fc1ccc(SN2CCN(C3=Nc4ccccc4Oc4ccc(Cl)cc43)CC2)cc1. The van der Waals surface area contributed by atoms with E-state index < -0.39 is 0 Å². The summed E-state index contributed by atoms with van der Waals surface area (Å²) in [6.45, 7) is 3.36. The first-order valence-corrected chi connectivity index (χ1v) is 10.9. The van der Waals surface area contributed by atoms with Gasteiger partial charge in [-0.1, -0.05) is 23.7 Å². The zero-order chi connectivity index (χ0) is 20.5. The first-order chi connectivity index (χ1) is 14.7. The number of para-hydroxylation sites is 2. The van der Waals surface area contributed by atoms with Gasteiger partial charge in [-0.05, 0) is 66.5 Å². The van der Waals surface area contributed by atoms with Crippen LogP contribution in [0.15, 0.2) is 76.6 Å². The fraction of sp³-hybridized carbons (Fsp3) is 0.174. The van der Waals surface area contributed by atoms with Gasteiger partial charge in [0.25, 0.3) is 0 Å². The fourth-order valence-corrected chi connectivity index (χ4v) is 4.65. The van der Waals surface area contributed by atoms with E-state index in [9.17, 15) is 4.39 Å². The Balaban J connectivity index is 1.39. The highest BCUT2D eigenvalue weighted by Gasteiger charge is 2.26. The number of piperazine rings is 1. The Bertz CT molecular complexity index is 1100. The maximum absolute atomic E-state index is 13.1. The van der Waals surface area contributed by atoms with Crippen LogP contribution in [0.25, 0.3) is 0 Å². The van der Waals surface area contributed by atoms with Crippen molar-refractivity contribution in [3.05, 3.63) is 83.1 Å². The summed E-state index contributed by atoms with van der Waals surface area (Å²) in [6.07, 6.45) is 0. The number of aliphatic imine (C=N–C) groups is 1. The Morgan fingerprint density at radius 1 is 0.900 bits per heavy atom. The van der Waals surface area contributed by atoms with Crippen molar-refractivity contribution in [1.82, 2.24) is 9.21 Å². The van der Waals surface area contributed by atoms with E-state index in [2.05, 4.69) is 9.21 Å². The Morgan fingerprint density at radius 3 is 2.47 bits per heavy atom. The van der Waals surface area contributed by atoms with E-state index >= 15 is 0 Å². The number of halogens is 2. The molecule has 0 amide bonds. The predicted octanol–water partition coefficient (Wildman–Crippen LogP) is 5.99. The molecular weight excluding hydrogens is 421 g/mol. The fourth-order valence-electron chi connectivity index (χ4n) is 3.57. The average molecular weight is 440 g/mol. The molecule has 0 aromatic heterocycles. The molecule has 7 heteroatoms. The second kappa shape index (κ2) is 8.30. The Labute approximate surface area is 184 Å². The number of benzene rings is 3. The molecule has 5 rings (SSSR count). The van der Waals surface area contributed by atoms with Crippen LogP contribution in [0.2, 0.25) is 5.02 Å². The van der Waals surface area contributed by atoms with Gasteiger partial charge in [-0.25, -0.2) is 13.7 Å². The molecule has 0 radical (unpaired) electrons. The summed E-state index contributed by atoms with van der Waals surface area (Å²) in [5.74, 6) is 2.16. The molecule has 0 N–H and O–H groups in total. The molecule has 0 atom stereocenters. The maximum Gasteiger partial charge on any atom is 0.153 e. The van der Waals surface area contributed by atoms with E-state index in [1.807, 2.05) is 54.6 Å². The van der Waals surface area contributed by atoms with Gasteiger partial charge in [-0.3, -0.25) is 0 Å². The molecule has 0 saturated carbocycles. The van der Waals surface area contributed by atoms with Crippen molar-refractivity contribution < 1.29 is 9.13 Å². The van der Waals surface area contributed by atoms with Crippen molar-refractivity contribution in [3.8, 4) is 11.5 Å². The third-order valence-electron chi connectivity index (χ3n) is 5.08. The van der Waals surface area contributed by atoms with Crippen LogP contribution in [0.1, 0.15) is 5.56 Å². The van der Waals surface area contributed by atoms with Gasteiger partial charge in [0.05, 0.1) is 5.56 Å². The second-order valence-corrected chi connectivity index (χ2v) is 8.71. The first-order valence-electron chi connectivity index (χ1n) is 9.75. The lowest BCUT2D eigenvalue weighted by molar-refractivity contribution is 0.282. The van der Waals surface area contributed by atoms with Crippen molar-refractivity contribution in [3.63, 3.8) is 0 Å². The molecule has 2 aliphatic rings. The summed E-state index contributed by atoms with van der Waals surface area (Å²) < 4.78 is 21.6. The largest absolute Gasteiger partial charge is 0.454 e. The minimum atomic E-state index is -0.213. The molecule has 0 spiro atoms. The summed E-state index contributed by atoms with van der Waals surface area (Å²) in [5, 5.41) is 0.654. The monoisotopic (exact) mass is 439 g/mol. The topological polar surface area (TPSA) is 28.1 Å². The lowest BCUT2D eigenvalue weighted by Crippen LogP contribution is -2.46. The summed E-state index contributed by atoms with van der Waals surface area (Å²) in [4.78, 5) is 8.27. The number of hydrogen-bond acceptors (Lipinski definition) is 5. The molecule has 1 fully saturated rings. The lowest BCUT2D eigenvalue weighted by atomic mass is 10.1. The molecule has 152 valence electrons. The van der Waals surface area contributed by atoms with Gasteiger partial charge in [0, 0.05) is 36.1 Å². The highest BCUT2D eigenvalue weighted by molar-refractivity contribution is 7.97. The van der Waals surface area contributed by atoms with Crippen molar-refractivity contribution in [1.29, 1.82) is 0 Å². The van der Waals surface area contributed by atoms with Crippen LogP contribution in [-0.2, 0) is 0 Å². The van der Waals surface area contributed by atoms with E-state index in [4.69, 9.17) is 21.3 Å². The highest BCUT2D eigenvalue weighted by Crippen LogP contribution is 2.39. The minimum absolute atomic E-state index is 0.213. The average Bonchev–Trinajstić information content (AvgIpc) is 2.92. The van der Waals surface area contributed by atoms with Crippen molar-refractivity contribution in [2.24, 2.45) is 4.99 Å². The van der Waals surface area contributed by atoms with Crippen LogP contribution in [0.3, 0.4) is 0 Å². The van der Waals surface area contributed by atoms with E-state index in [0.29, 0.717) is 5.02 Å². The molecule has 3 aromatic carbocycles. The van der Waals surface area contributed by atoms with Gasteiger partial charge in [0.15, 0.2) is 5.75 Å². The summed E-state index contributed by atoms with van der Waals surface area (Å²) in [5.41, 5.74) is 1.71. The number of nitrogens with zero attached hydrogens (tertiary/aromatic N) is 3. The molecule has 2 aliphatic heterocycles. The van der Waals surface area contributed by atoms with Crippen LogP contribution in [-0.4, -0.2) is 41.2 Å². The van der Waals surface area contributed by atoms with Crippen LogP contribution < -0.4 is 4.74 Å². The Hall–Kier alpha value is -2.54. The van der Waals surface area contributed by atoms with Gasteiger partial charge in [-0.15, -0.1) is 0 Å². The molecule has 30 heavy (non-hydrogen) atoms. The van der Waals surface area contributed by atoms with Crippen LogP contribution in [0.5, 0.6) is 11.5 Å². The zero-order valence-electron chi connectivity index (χ0n) is 16.1. The zero-order valence-corrected chi connectivity index (χ0v) is 17.7.